The number of nitrogens with two attached hydrogens (primary N) is 1. The maximum Gasteiger partial charge on any atom is 0.229 e. The lowest BCUT2D eigenvalue weighted by atomic mass is 9.95. The number of aryl methyl sites for hydroxylation is 1. The highest BCUT2D eigenvalue weighted by molar-refractivity contribution is 5.88. The summed E-state index contributed by atoms with van der Waals surface area (Å²) in [7, 11) is 0. The number of nitrogens with one attached hydrogen (secondary N) is 3. The first-order valence-electron chi connectivity index (χ1n) is 14.7. The lowest BCUT2D eigenvalue weighted by Crippen LogP contribution is -2.30. The number of carbonyl (C=O) groups excluding carboxylic acids is 1. The standard InChI is InChI=1S/C24H34N8O2.C4H9NO/c25-21(33)7-4-11-31-12-8-20-22(31)23(27-17-5-2-1-3-6-17)30-24(29-20)28-18-15-26-32(16-18)19-9-13-34-14-10-19;1-3-6-4-2-5-1/h8,12,15-17,19H,1-7,9-11,13-14H2,(H2,25,33)(H2,27,28,29,30);5H,1-4H2. The average Bonchev–Trinajstić information content (AvgIpc) is 3.63. The van der Waals surface area contributed by atoms with Gasteiger partial charge in [-0.1, -0.05) is 19.3 Å². The Bertz CT molecular complexity index is 1200. The molecule has 1 saturated carbocycles. The summed E-state index contributed by atoms with van der Waals surface area (Å²) in [6.45, 7) is 6.08. The van der Waals surface area contributed by atoms with Crippen molar-refractivity contribution in [2.45, 2.75) is 76.4 Å². The van der Waals surface area contributed by atoms with Crippen LogP contribution in [0.1, 0.15) is 63.8 Å². The summed E-state index contributed by atoms with van der Waals surface area (Å²) in [5.41, 5.74) is 8.04. The number of ether oxygens (including phenoxy) is 2. The van der Waals surface area contributed by atoms with Crippen LogP contribution < -0.4 is 21.7 Å². The molecule has 0 unspecified atom stereocenters. The van der Waals surface area contributed by atoms with Crippen molar-refractivity contribution in [3.63, 3.8) is 0 Å². The van der Waals surface area contributed by atoms with E-state index in [9.17, 15) is 4.79 Å². The van der Waals surface area contributed by atoms with Gasteiger partial charge >= 0.3 is 0 Å². The Hall–Kier alpha value is -3.22. The number of fused-ring (bicyclic) bond motifs is 1. The number of amides is 1. The first-order valence-corrected chi connectivity index (χ1v) is 14.7. The van der Waals surface area contributed by atoms with Crippen molar-refractivity contribution >= 4 is 34.4 Å². The fraction of sp³-hybridized carbons (Fsp3) is 0.643. The van der Waals surface area contributed by atoms with E-state index in [1.165, 1.54) is 19.3 Å². The van der Waals surface area contributed by atoms with Gasteiger partial charge in [0.1, 0.15) is 5.52 Å². The second-order valence-electron chi connectivity index (χ2n) is 10.7. The normalized spacial score (nSPS) is 18.7. The highest BCUT2D eigenvalue weighted by atomic mass is 16.5. The van der Waals surface area contributed by atoms with Gasteiger partial charge in [0, 0.05) is 57.7 Å². The summed E-state index contributed by atoms with van der Waals surface area (Å²) in [6, 6.07) is 2.78. The molecule has 0 bridgehead atoms. The fourth-order valence-corrected chi connectivity index (χ4v) is 5.51. The van der Waals surface area contributed by atoms with Gasteiger partial charge in [0.15, 0.2) is 5.82 Å². The summed E-state index contributed by atoms with van der Waals surface area (Å²) in [4.78, 5) is 20.9. The molecule has 3 aromatic heterocycles. The van der Waals surface area contributed by atoms with Crippen molar-refractivity contribution in [1.29, 1.82) is 0 Å². The van der Waals surface area contributed by atoms with E-state index in [2.05, 4.69) is 25.6 Å². The molecule has 0 atom stereocenters. The minimum Gasteiger partial charge on any atom is -0.381 e. The molecule has 12 heteroatoms. The molecule has 5 N–H and O–H groups in total. The highest BCUT2D eigenvalue weighted by Crippen LogP contribution is 2.29. The maximum atomic E-state index is 11.2. The molecule has 0 spiro atoms. The Balaban J connectivity index is 0.000000477. The maximum absolute atomic E-state index is 11.2. The van der Waals surface area contributed by atoms with Crippen LogP contribution in [0.3, 0.4) is 0 Å². The Morgan fingerprint density at radius 3 is 2.52 bits per heavy atom. The summed E-state index contributed by atoms with van der Waals surface area (Å²) >= 11 is 0. The summed E-state index contributed by atoms with van der Waals surface area (Å²) in [5.74, 6) is 1.11. The number of hydrogen-bond donors (Lipinski definition) is 4. The van der Waals surface area contributed by atoms with Crippen LogP contribution in [0.25, 0.3) is 11.0 Å². The van der Waals surface area contributed by atoms with E-state index in [1.54, 1.807) is 0 Å². The molecular weight excluding hydrogens is 510 g/mol. The van der Waals surface area contributed by atoms with E-state index >= 15 is 0 Å². The van der Waals surface area contributed by atoms with Crippen molar-refractivity contribution in [1.82, 2.24) is 29.6 Å². The Morgan fingerprint density at radius 2 is 1.82 bits per heavy atom. The van der Waals surface area contributed by atoms with Gasteiger partial charge in [-0.05, 0) is 38.2 Å². The Morgan fingerprint density at radius 1 is 1.05 bits per heavy atom. The van der Waals surface area contributed by atoms with Gasteiger partial charge < -0.3 is 35.7 Å². The Kier molecular flexibility index (Phi) is 10.2. The molecule has 0 aromatic carbocycles. The molecule has 3 fully saturated rings. The number of morpholine rings is 1. The number of nitrogens with zero attached hydrogens (tertiary/aromatic N) is 5. The molecular formula is C28H43N9O3. The minimum atomic E-state index is -0.277. The molecule has 40 heavy (non-hydrogen) atoms. The quantitative estimate of drug-likeness (QED) is 0.313. The molecule has 3 aromatic rings. The smallest absolute Gasteiger partial charge is 0.229 e. The molecule has 218 valence electrons. The van der Waals surface area contributed by atoms with Crippen LogP contribution in [-0.2, 0) is 20.8 Å². The third-order valence-corrected chi connectivity index (χ3v) is 7.65. The van der Waals surface area contributed by atoms with Crippen molar-refractivity contribution in [2.24, 2.45) is 5.73 Å². The van der Waals surface area contributed by atoms with E-state index < -0.39 is 0 Å². The predicted molar refractivity (Wildman–Crippen MR) is 155 cm³/mol. The molecule has 12 nitrogen and oxygen atoms in total. The van der Waals surface area contributed by atoms with Crippen LogP contribution in [0.15, 0.2) is 24.7 Å². The lowest BCUT2D eigenvalue weighted by Gasteiger charge is -2.24. The van der Waals surface area contributed by atoms with Crippen molar-refractivity contribution in [2.75, 3.05) is 50.2 Å². The Labute approximate surface area is 235 Å². The average molecular weight is 554 g/mol. The monoisotopic (exact) mass is 553 g/mol. The van der Waals surface area contributed by atoms with Crippen molar-refractivity contribution in [3.05, 3.63) is 24.7 Å². The second-order valence-corrected chi connectivity index (χ2v) is 10.7. The number of hydrogen-bond acceptors (Lipinski definition) is 9. The zero-order valence-corrected chi connectivity index (χ0v) is 23.3. The molecule has 3 aliphatic rings. The molecule has 2 saturated heterocycles. The zero-order valence-electron chi connectivity index (χ0n) is 23.3. The third-order valence-electron chi connectivity index (χ3n) is 7.65. The van der Waals surface area contributed by atoms with Gasteiger partial charge in [-0.2, -0.15) is 10.1 Å². The van der Waals surface area contributed by atoms with E-state index in [-0.39, 0.29) is 5.91 Å². The van der Waals surface area contributed by atoms with Crippen LogP contribution in [0.4, 0.5) is 17.5 Å². The fourth-order valence-electron chi connectivity index (χ4n) is 5.51. The summed E-state index contributed by atoms with van der Waals surface area (Å²) in [5, 5.41) is 14.8. The van der Waals surface area contributed by atoms with Crippen LogP contribution in [0.5, 0.6) is 0 Å². The van der Waals surface area contributed by atoms with E-state index in [1.807, 2.05) is 29.3 Å². The number of anilines is 3. The van der Waals surface area contributed by atoms with Gasteiger partial charge in [-0.25, -0.2) is 4.98 Å². The van der Waals surface area contributed by atoms with E-state index in [0.29, 0.717) is 37.4 Å². The number of primary amides is 1. The lowest BCUT2D eigenvalue weighted by molar-refractivity contribution is -0.118. The van der Waals surface area contributed by atoms with Crippen LogP contribution in [0, 0.1) is 0 Å². The van der Waals surface area contributed by atoms with Gasteiger partial charge in [0.05, 0.1) is 36.7 Å². The molecule has 6 rings (SSSR count). The van der Waals surface area contributed by atoms with Gasteiger partial charge in [-0.3, -0.25) is 9.48 Å². The molecule has 1 amide bonds. The highest BCUT2D eigenvalue weighted by Gasteiger charge is 2.20. The topological polar surface area (TPSA) is 146 Å². The number of rotatable bonds is 9. The van der Waals surface area contributed by atoms with Crippen LogP contribution in [0.2, 0.25) is 0 Å². The van der Waals surface area contributed by atoms with Gasteiger partial charge in [-0.15, -0.1) is 0 Å². The van der Waals surface area contributed by atoms with E-state index in [4.69, 9.17) is 25.2 Å². The zero-order chi connectivity index (χ0) is 27.6. The molecule has 2 aliphatic heterocycles. The van der Waals surface area contributed by atoms with Crippen molar-refractivity contribution in [3.8, 4) is 0 Å². The van der Waals surface area contributed by atoms with E-state index in [0.717, 1.165) is 87.7 Å². The van der Waals surface area contributed by atoms with Crippen LogP contribution >= 0.6 is 0 Å². The molecule has 1 aliphatic carbocycles. The largest absolute Gasteiger partial charge is 0.381 e. The SMILES string of the molecule is C1COCCN1.NC(=O)CCCn1ccc2nc(Nc3cnn(C4CCOCC4)c3)nc(NC3CCCCC3)c21. The summed E-state index contributed by atoms with van der Waals surface area (Å²) in [6.07, 6.45) is 14.9. The van der Waals surface area contributed by atoms with Gasteiger partial charge in [0.25, 0.3) is 0 Å². The second kappa shape index (κ2) is 14.4. The molecule has 0 radical (unpaired) electrons. The first kappa shape index (κ1) is 28.3. The number of carbonyl (C=O) groups is 1. The molecule has 5 heterocycles. The first-order chi connectivity index (χ1) is 19.7. The van der Waals surface area contributed by atoms with Gasteiger partial charge in [0.2, 0.25) is 11.9 Å². The predicted octanol–water partition coefficient (Wildman–Crippen LogP) is 3.34. The minimum absolute atomic E-state index is 0.277. The van der Waals surface area contributed by atoms with Crippen LogP contribution in [-0.4, -0.2) is 75.8 Å². The third kappa shape index (κ3) is 7.92. The van der Waals surface area contributed by atoms with Crippen molar-refractivity contribution < 1.29 is 14.3 Å². The summed E-state index contributed by atoms with van der Waals surface area (Å²) < 4.78 is 14.6. The number of aromatic nitrogens is 5.